The maximum atomic E-state index is 13.5. The standard InChI is InChI=1S/C23H33N5O3S.C23H32N4O4S/c1-25-12-15-27(16-13-25)17-14-26(2)32(30,31)28(22-6-4-3-5-7-22)19-20-8-10-21(11-9-20)23(29)18-24;1-24-13-16-26(17-14-24)18-15-25(2)32(29,30)27(22-7-5-4-6-8-22)19-20-9-11-21(12-10-20)23(28)31-3/h3-11H,12-19,24H2,1-2H3;4-12H,13-19H2,1-3H3. The lowest BCUT2D eigenvalue weighted by Gasteiger charge is -2.34. The van der Waals surface area contributed by atoms with Crippen molar-refractivity contribution in [2.24, 2.45) is 5.73 Å². The Bertz CT molecular complexity index is 2110. The van der Waals surface area contributed by atoms with Gasteiger partial charge in [0.2, 0.25) is 0 Å². The molecule has 6 rings (SSSR count). The molecule has 348 valence electrons. The molecule has 0 radical (unpaired) electrons. The number of hydrogen-bond acceptors (Lipinski definition) is 12. The quantitative estimate of drug-likeness (QED) is 0.108. The Morgan fingerprint density at radius 1 is 0.562 bits per heavy atom. The molecule has 0 saturated carbocycles. The first-order valence-electron chi connectivity index (χ1n) is 21.5. The van der Waals surface area contributed by atoms with Crippen LogP contribution in [-0.4, -0.2) is 177 Å². The summed E-state index contributed by atoms with van der Waals surface area (Å²) in [4.78, 5) is 32.6. The average molecular weight is 920 g/mol. The van der Waals surface area contributed by atoms with Crippen LogP contribution in [0.25, 0.3) is 0 Å². The van der Waals surface area contributed by atoms with Gasteiger partial charge in [-0.05, 0) is 61.6 Å². The van der Waals surface area contributed by atoms with E-state index in [1.807, 2.05) is 36.4 Å². The summed E-state index contributed by atoms with van der Waals surface area (Å²) < 4.78 is 64.5. The maximum absolute atomic E-state index is 13.5. The normalized spacial score (nSPS) is 15.7. The van der Waals surface area contributed by atoms with Gasteiger partial charge in [0.25, 0.3) is 0 Å². The highest BCUT2D eigenvalue weighted by Crippen LogP contribution is 2.25. The van der Waals surface area contributed by atoms with E-state index in [1.54, 1.807) is 86.9 Å². The second-order valence-electron chi connectivity index (χ2n) is 16.1. The molecule has 2 heterocycles. The monoisotopic (exact) mass is 919 g/mol. The number of piperazine rings is 2. The minimum absolute atomic E-state index is 0.0536. The van der Waals surface area contributed by atoms with Crippen molar-refractivity contribution in [2.75, 3.05) is 129 Å². The van der Waals surface area contributed by atoms with Gasteiger partial charge >= 0.3 is 26.4 Å². The number of rotatable bonds is 19. The van der Waals surface area contributed by atoms with Crippen molar-refractivity contribution in [3.63, 3.8) is 0 Å². The first-order valence-corrected chi connectivity index (χ1v) is 24.3. The van der Waals surface area contributed by atoms with E-state index in [4.69, 9.17) is 10.5 Å². The summed E-state index contributed by atoms with van der Waals surface area (Å²) in [6.45, 7) is 10.3. The van der Waals surface area contributed by atoms with Gasteiger partial charge in [0.1, 0.15) is 0 Å². The summed E-state index contributed by atoms with van der Waals surface area (Å²) in [6.07, 6.45) is 0. The van der Waals surface area contributed by atoms with E-state index in [0.29, 0.717) is 48.7 Å². The third kappa shape index (κ3) is 14.1. The molecule has 2 saturated heterocycles. The van der Waals surface area contributed by atoms with Crippen molar-refractivity contribution < 1.29 is 31.2 Å². The van der Waals surface area contributed by atoms with Crippen molar-refractivity contribution in [1.82, 2.24) is 28.2 Å². The van der Waals surface area contributed by atoms with Crippen LogP contribution in [0, 0.1) is 0 Å². The van der Waals surface area contributed by atoms with Crippen molar-refractivity contribution in [3.05, 3.63) is 131 Å². The fraction of sp³-hybridized carbons (Fsp3) is 0.435. The number of anilines is 2. The molecular formula is C46H65N9O7S2. The SMILES string of the molecule is CN1CCN(CCN(C)S(=O)(=O)N(Cc2ccc(C(=O)CN)cc2)c2ccccc2)CC1.COC(=O)c1ccc(CN(c2ccccc2)S(=O)(=O)N(C)CCN2CCN(C)CC2)cc1. The molecule has 4 aromatic carbocycles. The minimum Gasteiger partial charge on any atom is -0.465 e. The fourth-order valence-electron chi connectivity index (χ4n) is 7.18. The first kappa shape index (κ1) is 50.2. The van der Waals surface area contributed by atoms with Crippen molar-refractivity contribution >= 4 is 43.5 Å². The number of Topliss-reactive ketones (excluding diaryl/α,β-unsaturated/α-hetero) is 1. The number of ketones is 1. The van der Waals surface area contributed by atoms with Crippen molar-refractivity contribution in [2.45, 2.75) is 13.1 Å². The Hall–Kier alpha value is -4.76. The lowest BCUT2D eigenvalue weighted by molar-refractivity contribution is 0.0600. The van der Waals surface area contributed by atoms with Crippen LogP contribution in [0.5, 0.6) is 0 Å². The summed E-state index contributed by atoms with van der Waals surface area (Å²) in [7, 11) is 1.28. The van der Waals surface area contributed by atoms with Crippen LogP contribution in [0.3, 0.4) is 0 Å². The molecule has 0 aliphatic carbocycles. The van der Waals surface area contributed by atoms with Gasteiger partial charge in [0, 0.05) is 98.2 Å². The number of ether oxygens (including phenoxy) is 1. The number of methoxy groups -OCH3 is 1. The Kier molecular flexibility index (Phi) is 18.8. The zero-order valence-electron chi connectivity index (χ0n) is 37.8. The number of benzene rings is 4. The third-order valence-corrected chi connectivity index (χ3v) is 15.3. The van der Waals surface area contributed by atoms with Gasteiger partial charge in [-0.1, -0.05) is 72.8 Å². The van der Waals surface area contributed by atoms with E-state index >= 15 is 0 Å². The van der Waals surface area contributed by atoms with Crippen molar-refractivity contribution in [1.29, 1.82) is 0 Å². The zero-order valence-corrected chi connectivity index (χ0v) is 39.5. The number of carbonyl (C=O) groups excluding carboxylic acids is 2. The van der Waals surface area contributed by atoms with Crippen LogP contribution in [0.1, 0.15) is 31.8 Å². The zero-order chi connectivity index (χ0) is 46.3. The number of hydrogen-bond donors (Lipinski definition) is 1. The summed E-state index contributed by atoms with van der Waals surface area (Å²) in [5, 5.41) is 0. The Morgan fingerprint density at radius 2 is 0.922 bits per heavy atom. The first-order chi connectivity index (χ1) is 30.6. The molecule has 0 bridgehead atoms. The molecule has 0 unspecified atom stereocenters. The molecule has 0 aromatic heterocycles. The largest absolute Gasteiger partial charge is 0.465 e. The molecule has 18 heteroatoms. The van der Waals surface area contributed by atoms with Crippen LogP contribution in [0.4, 0.5) is 11.4 Å². The van der Waals surface area contributed by atoms with E-state index < -0.39 is 26.4 Å². The fourth-order valence-corrected chi connectivity index (χ4v) is 9.88. The predicted octanol–water partition coefficient (Wildman–Crippen LogP) is 3.16. The minimum atomic E-state index is -3.76. The average Bonchev–Trinajstić information content (AvgIpc) is 3.32. The molecule has 16 nitrogen and oxygen atoms in total. The lowest BCUT2D eigenvalue weighted by atomic mass is 10.1. The van der Waals surface area contributed by atoms with Gasteiger partial charge < -0.3 is 20.3 Å². The van der Waals surface area contributed by atoms with Gasteiger partial charge in [0.15, 0.2) is 5.78 Å². The third-order valence-electron chi connectivity index (χ3n) is 11.6. The van der Waals surface area contributed by atoms with Gasteiger partial charge in [-0.2, -0.15) is 25.4 Å². The van der Waals surface area contributed by atoms with Gasteiger partial charge in [-0.15, -0.1) is 0 Å². The van der Waals surface area contributed by atoms with E-state index in [9.17, 15) is 26.4 Å². The molecule has 2 aliphatic rings. The Balaban J connectivity index is 0.000000241. The Morgan fingerprint density at radius 3 is 1.27 bits per heavy atom. The molecule has 4 aromatic rings. The summed E-state index contributed by atoms with van der Waals surface area (Å²) in [6, 6.07) is 31.9. The summed E-state index contributed by atoms with van der Waals surface area (Å²) in [5.41, 5.74) is 9.14. The highest BCUT2D eigenvalue weighted by Gasteiger charge is 2.30. The maximum Gasteiger partial charge on any atom is 0.337 e. The Labute approximate surface area is 380 Å². The molecule has 0 spiro atoms. The van der Waals surface area contributed by atoms with Gasteiger partial charge in [-0.25, -0.2) is 4.79 Å². The molecule has 2 fully saturated rings. The number of para-hydroxylation sites is 2. The van der Waals surface area contributed by atoms with Crippen LogP contribution < -0.4 is 14.3 Å². The number of carbonyl (C=O) groups is 2. The second kappa shape index (κ2) is 24.0. The highest BCUT2D eigenvalue weighted by atomic mass is 32.2. The van der Waals surface area contributed by atoms with Crippen LogP contribution in [0.2, 0.25) is 0 Å². The smallest absolute Gasteiger partial charge is 0.337 e. The van der Waals surface area contributed by atoms with E-state index in [2.05, 4.69) is 33.7 Å². The van der Waals surface area contributed by atoms with Crippen molar-refractivity contribution in [3.8, 4) is 0 Å². The summed E-state index contributed by atoms with van der Waals surface area (Å²) >= 11 is 0. The van der Waals surface area contributed by atoms with E-state index in [-0.39, 0.29) is 25.4 Å². The topological polar surface area (TPSA) is 164 Å². The molecule has 0 amide bonds. The molecular weight excluding hydrogens is 855 g/mol. The van der Waals surface area contributed by atoms with Crippen LogP contribution >= 0.6 is 0 Å². The number of esters is 1. The van der Waals surface area contributed by atoms with Crippen LogP contribution in [-0.2, 0) is 38.2 Å². The highest BCUT2D eigenvalue weighted by molar-refractivity contribution is 7.90. The number of nitrogens with zero attached hydrogens (tertiary/aromatic N) is 8. The summed E-state index contributed by atoms with van der Waals surface area (Å²) in [5.74, 6) is -0.569. The second-order valence-corrected chi connectivity index (χ2v) is 20.1. The van der Waals surface area contributed by atoms with Gasteiger partial charge in [-0.3, -0.25) is 23.2 Å². The molecule has 0 atom stereocenters. The van der Waals surface area contributed by atoms with Gasteiger partial charge in [0.05, 0.1) is 43.7 Å². The number of nitrogens with two attached hydrogens (primary N) is 1. The molecule has 2 aliphatic heterocycles. The lowest BCUT2D eigenvalue weighted by Crippen LogP contribution is -2.49. The van der Waals surface area contributed by atoms with Crippen LogP contribution in [0.15, 0.2) is 109 Å². The molecule has 64 heavy (non-hydrogen) atoms. The predicted molar refractivity (Wildman–Crippen MR) is 254 cm³/mol. The van der Waals surface area contributed by atoms with E-state index in [1.165, 1.54) is 24.3 Å². The number of likely N-dealkylation sites (N-methyl/N-ethyl adjacent to an activating group) is 4. The molecule has 2 N–H and O–H groups in total. The van der Waals surface area contributed by atoms with E-state index in [0.717, 1.165) is 63.5 Å².